The number of halogens is 1. The third-order valence-corrected chi connectivity index (χ3v) is 3.65. The molecule has 1 aromatic rings. The Morgan fingerprint density at radius 3 is 3.19 bits per heavy atom. The molecule has 1 aliphatic heterocycles. The molecule has 0 bridgehead atoms. The number of pyridine rings is 1. The summed E-state index contributed by atoms with van der Waals surface area (Å²) in [7, 11) is 0. The fraction of sp³-hybridized carbons (Fsp3) is 0.545. The van der Waals surface area contributed by atoms with Crippen LogP contribution < -0.4 is 5.32 Å². The molecule has 1 fully saturated rings. The van der Waals surface area contributed by atoms with Crippen molar-refractivity contribution < 1.29 is 9.84 Å². The molecule has 2 N–H and O–H groups in total. The zero-order chi connectivity index (χ0) is 11.6. The minimum atomic E-state index is -0.775. The van der Waals surface area contributed by atoms with Gasteiger partial charge in [0.1, 0.15) is 5.60 Å². The lowest BCUT2D eigenvalue weighted by molar-refractivity contribution is -0.0176. The highest BCUT2D eigenvalue weighted by Gasteiger charge is 2.39. The summed E-state index contributed by atoms with van der Waals surface area (Å²) in [4.78, 5) is 3.98. The fourth-order valence-electron chi connectivity index (χ4n) is 1.77. The molecule has 2 heterocycles. The molecule has 0 saturated carbocycles. The maximum absolute atomic E-state index is 10.3. The Morgan fingerprint density at radius 1 is 1.75 bits per heavy atom. The van der Waals surface area contributed by atoms with Gasteiger partial charge in [0.15, 0.2) is 0 Å². The predicted octanol–water partition coefficient (Wildman–Crippen LogP) is 1.80. The van der Waals surface area contributed by atoms with Crippen LogP contribution in [0, 0.1) is 0 Å². The minimum absolute atomic E-state index is 0.124. The van der Waals surface area contributed by atoms with Crippen molar-refractivity contribution in [1.29, 1.82) is 0 Å². The fourth-order valence-corrected chi connectivity index (χ4v) is 2.16. The normalized spacial score (nSPS) is 29.3. The van der Waals surface area contributed by atoms with E-state index < -0.39 is 5.60 Å². The second kappa shape index (κ2) is 4.69. The third kappa shape index (κ3) is 2.36. The SMILES string of the molecule is CC1OCCC1(O)CNc1ccncc1Br. The summed E-state index contributed by atoms with van der Waals surface area (Å²) in [5, 5.41) is 13.5. The van der Waals surface area contributed by atoms with Crippen LogP contribution in [0.15, 0.2) is 22.9 Å². The lowest BCUT2D eigenvalue weighted by Gasteiger charge is -2.26. The summed E-state index contributed by atoms with van der Waals surface area (Å²) < 4.78 is 6.27. The monoisotopic (exact) mass is 286 g/mol. The smallest absolute Gasteiger partial charge is 0.110 e. The largest absolute Gasteiger partial charge is 0.385 e. The summed E-state index contributed by atoms with van der Waals surface area (Å²) >= 11 is 3.40. The molecule has 0 aliphatic carbocycles. The first-order valence-corrected chi connectivity index (χ1v) is 6.08. The van der Waals surface area contributed by atoms with Gasteiger partial charge in [-0.1, -0.05) is 0 Å². The Bertz CT molecular complexity index is 375. The van der Waals surface area contributed by atoms with Crippen molar-refractivity contribution in [3.63, 3.8) is 0 Å². The number of hydrogen-bond acceptors (Lipinski definition) is 4. The molecule has 0 aromatic carbocycles. The highest BCUT2D eigenvalue weighted by atomic mass is 79.9. The van der Waals surface area contributed by atoms with Crippen LogP contribution in [-0.2, 0) is 4.74 Å². The summed E-state index contributed by atoms with van der Waals surface area (Å²) in [6, 6.07) is 1.87. The zero-order valence-electron chi connectivity index (χ0n) is 9.11. The second-order valence-electron chi connectivity index (χ2n) is 4.08. The van der Waals surface area contributed by atoms with Crippen molar-refractivity contribution in [1.82, 2.24) is 4.98 Å². The maximum atomic E-state index is 10.3. The lowest BCUT2D eigenvalue weighted by atomic mass is 9.97. The van der Waals surface area contributed by atoms with Crippen LogP contribution in [0.3, 0.4) is 0 Å². The zero-order valence-corrected chi connectivity index (χ0v) is 10.7. The first kappa shape index (κ1) is 11.8. The number of nitrogens with zero attached hydrogens (tertiary/aromatic N) is 1. The topological polar surface area (TPSA) is 54.4 Å². The van der Waals surface area contributed by atoms with Crippen molar-refractivity contribution in [3.8, 4) is 0 Å². The molecule has 88 valence electrons. The van der Waals surface area contributed by atoms with Gasteiger partial charge in [0.25, 0.3) is 0 Å². The van der Waals surface area contributed by atoms with Gasteiger partial charge in [-0.05, 0) is 28.9 Å². The Morgan fingerprint density at radius 2 is 2.56 bits per heavy atom. The van der Waals surface area contributed by atoms with E-state index in [1.807, 2.05) is 13.0 Å². The van der Waals surface area contributed by atoms with Crippen LogP contribution in [-0.4, -0.2) is 34.9 Å². The standard InChI is InChI=1S/C11H15BrN2O2/c1-8-11(15,3-5-16-8)7-14-10-2-4-13-6-9(10)12/h2,4,6,8,15H,3,5,7H2,1H3,(H,13,14). The lowest BCUT2D eigenvalue weighted by Crippen LogP contribution is -2.43. The average Bonchev–Trinajstić information content (AvgIpc) is 2.59. The summed E-state index contributed by atoms with van der Waals surface area (Å²) in [5.41, 5.74) is 0.158. The van der Waals surface area contributed by atoms with Gasteiger partial charge in [-0.3, -0.25) is 4.98 Å². The van der Waals surface area contributed by atoms with E-state index >= 15 is 0 Å². The van der Waals surface area contributed by atoms with Crippen molar-refractivity contribution in [2.45, 2.75) is 25.0 Å². The van der Waals surface area contributed by atoms with Crippen LogP contribution >= 0.6 is 15.9 Å². The first-order valence-electron chi connectivity index (χ1n) is 5.29. The summed E-state index contributed by atoms with van der Waals surface area (Å²) in [6.45, 7) is 3.00. The van der Waals surface area contributed by atoms with Crippen molar-refractivity contribution in [2.24, 2.45) is 0 Å². The molecule has 5 heteroatoms. The van der Waals surface area contributed by atoms with Crippen LogP contribution in [0.2, 0.25) is 0 Å². The van der Waals surface area contributed by atoms with Gasteiger partial charge in [-0.25, -0.2) is 0 Å². The third-order valence-electron chi connectivity index (χ3n) is 3.02. The van der Waals surface area contributed by atoms with Gasteiger partial charge >= 0.3 is 0 Å². The molecule has 16 heavy (non-hydrogen) atoms. The van der Waals surface area contributed by atoms with Crippen molar-refractivity contribution in [2.75, 3.05) is 18.5 Å². The van der Waals surface area contributed by atoms with E-state index in [9.17, 15) is 5.11 Å². The second-order valence-corrected chi connectivity index (χ2v) is 4.93. The number of nitrogens with one attached hydrogen (secondary N) is 1. The molecule has 2 atom stereocenters. The van der Waals surface area contributed by atoms with Crippen LogP contribution in [0.4, 0.5) is 5.69 Å². The first-order chi connectivity index (χ1) is 7.62. The number of ether oxygens (including phenoxy) is 1. The maximum Gasteiger partial charge on any atom is 0.110 e. The van der Waals surface area contributed by atoms with E-state index in [1.165, 1.54) is 0 Å². The molecule has 2 rings (SSSR count). The van der Waals surface area contributed by atoms with Gasteiger partial charge in [0.05, 0.1) is 16.3 Å². The molecule has 4 nitrogen and oxygen atoms in total. The van der Waals surface area contributed by atoms with E-state index in [0.717, 1.165) is 10.2 Å². The molecule has 1 aromatic heterocycles. The predicted molar refractivity (Wildman–Crippen MR) is 65.4 cm³/mol. The van der Waals surface area contributed by atoms with Crippen LogP contribution in [0.1, 0.15) is 13.3 Å². The Balaban J connectivity index is 2.00. The van der Waals surface area contributed by atoms with E-state index in [2.05, 4.69) is 26.2 Å². The number of anilines is 1. The number of rotatable bonds is 3. The Hall–Kier alpha value is -0.650. The van der Waals surface area contributed by atoms with Gasteiger partial charge in [-0.2, -0.15) is 0 Å². The average molecular weight is 287 g/mol. The molecular formula is C11H15BrN2O2. The van der Waals surface area contributed by atoms with E-state index in [0.29, 0.717) is 19.6 Å². The van der Waals surface area contributed by atoms with Crippen molar-refractivity contribution >= 4 is 21.6 Å². The molecule has 0 spiro atoms. The Labute approximate surface area is 103 Å². The van der Waals surface area contributed by atoms with E-state index in [1.54, 1.807) is 12.4 Å². The van der Waals surface area contributed by atoms with Crippen LogP contribution in [0.25, 0.3) is 0 Å². The van der Waals surface area contributed by atoms with E-state index in [4.69, 9.17) is 4.74 Å². The number of hydrogen-bond donors (Lipinski definition) is 2. The van der Waals surface area contributed by atoms with Gasteiger partial charge in [-0.15, -0.1) is 0 Å². The van der Waals surface area contributed by atoms with Gasteiger partial charge in [0, 0.05) is 32.0 Å². The van der Waals surface area contributed by atoms with Gasteiger partial charge < -0.3 is 15.2 Å². The molecule has 1 saturated heterocycles. The number of aliphatic hydroxyl groups is 1. The quantitative estimate of drug-likeness (QED) is 0.890. The molecule has 0 radical (unpaired) electrons. The van der Waals surface area contributed by atoms with Crippen LogP contribution in [0.5, 0.6) is 0 Å². The van der Waals surface area contributed by atoms with E-state index in [-0.39, 0.29) is 6.10 Å². The molecule has 2 unspecified atom stereocenters. The van der Waals surface area contributed by atoms with Gasteiger partial charge in [0.2, 0.25) is 0 Å². The summed E-state index contributed by atoms with van der Waals surface area (Å²) in [6.07, 6.45) is 3.98. The molecular weight excluding hydrogens is 272 g/mol. The number of aromatic nitrogens is 1. The van der Waals surface area contributed by atoms with Crippen molar-refractivity contribution in [3.05, 3.63) is 22.9 Å². The molecule has 1 aliphatic rings. The summed E-state index contributed by atoms with van der Waals surface area (Å²) in [5.74, 6) is 0. The molecule has 0 amide bonds. The highest BCUT2D eigenvalue weighted by molar-refractivity contribution is 9.10. The minimum Gasteiger partial charge on any atom is -0.385 e. The Kier molecular flexibility index (Phi) is 3.47. The highest BCUT2D eigenvalue weighted by Crippen LogP contribution is 2.27.